The van der Waals surface area contributed by atoms with Crippen LogP contribution >= 0.6 is 11.3 Å². The Kier molecular flexibility index (Phi) is 3.17. The highest BCUT2D eigenvalue weighted by Gasteiger charge is 2.20. The molecule has 4 nitrogen and oxygen atoms in total. The fourth-order valence-electron chi connectivity index (χ4n) is 2.39. The van der Waals surface area contributed by atoms with Gasteiger partial charge in [0.1, 0.15) is 0 Å². The molecule has 0 spiro atoms. The van der Waals surface area contributed by atoms with Crippen molar-refractivity contribution < 1.29 is 4.79 Å². The van der Waals surface area contributed by atoms with E-state index in [4.69, 9.17) is 0 Å². The van der Waals surface area contributed by atoms with E-state index < -0.39 is 0 Å². The van der Waals surface area contributed by atoms with Gasteiger partial charge >= 0.3 is 0 Å². The molecule has 20 heavy (non-hydrogen) atoms. The first-order chi connectivity index (χ1) is 9.43. The van der Waals surface area contributed by atoms with Crippen LogP contribution in [0.5, 0.6) is 0 Å². The largest absolute Gasteiger partial charge is 0.304 e. The summed E-state index contributed by atoms with van der Waals surface area (Å²) in [4.78, 5) is 14.4. The van der Waals surface area contributed by atoms with E-state index in [1.807, 2.05) is 12.1 Å². The predicted octanol–water partition coefficient (Wildman–Crippen LogP) is 3.51. The topological polar surface area (TPSA) is 57.8 Å². The molecule has 0 aromatic carbocycles. The van der Waals surface area contributed by atoms with Crippen molar-refractivity contribution in [3.05, 3.63) is 33.1 Å². The first-order valence-electron chi connectivity index (χ1n) is 6.92. The number of fused-ring (bicyclic) bond motifs is 1. The second kappa shape index (κ2) is 4.74. The van der Waals surface area contributed by atoms with Gasteiger partial charge in [-0.2, -0.15) is 5.10 Å². The van der Waals surface area contributed by atoms with Crippen LogP contribution in [0.3, 0.4) is 0 Å². The molecule has 0 aliphatic heterocycles. The maximum Gasteiger partial charge on any atom is 0.266 e. The fraction of sp³-hybridized carbons (Fsp3) is 0.467. The number of aryl methyl sites for hydroxylation is 2. The van der Waals surface area contributed by atoms with Crippen molar-refractivity contribution in [2.45, 2.75) is 45.4 Å². The van der Waals surface area contributed by atoms with Crippen LogP contribution in [0.2, 0.25) is 0 Å². The summed E-state index contributed by atoms with van der Waals surface area (Å²) in [5.74, 6) is 0.532. The van der Waals surface area contributed by atoms with Crippen LogP contribution in [0.25, 0.3) is 0 Å². The number of aromatic amines is 1. The van der Waals surface area contributed by atoms with Crippen molar-refractivity contribution >= 4 is 23.1 Å². The molecule has 3 rings (SSSR count). The number of aromatic nitrogens is 2. The maximum atomic E-state index is 12.2. The summed E-state index contributed by atoms with van der Waals surface area (Å²) in [5.41, 5.74) is 2.36. The molecule has 0 atom stereocenters. The third-order valence-corrected chi connectivity index (χ3v) is 4.83. The monoisotopic (exact) mass is 289 g/mol. The van der Waals surface area contributed by atoms with Gasteiger partial charge in [0.05, 0.1) is 4.88 Å². The summed E-state index contributed by atoms with van der Waals surface area (Å²) in [6, 6.07) is 3.93. The molecule has 106 valence electrons. The van der Waals surface area contributed by atoms with Gasteiger partial charge in [-0.3, -0.25) is 9.89 Å². The number of nitrogens with zero attached hydrogens (tertiary/aromatic N) is 1. The summed E-state index contributed by atoms with van der Waals surface area (Å²) in [5, 5.41) is 10.0. The lowest BCUT2D eigenvalue weighted by molar-refractivity contribution is 0.103. The van der Waals surface area contributed by atoms with E-state index in [2.05, 4.69) is 36.3 Å². The Balaban J connectivity index is 1.74. The Morgan fingerprint density at radius 3 is 2.80 bits per heavy atom. The number of hydrogen-bond donors (Lipinski definition) is 2. The lowest BCUT2D eigenvalue weighted by Crippen LogP contribution is -2.11. The lowest BCUT2D eigenvalue weighted by atomic mass is 9.92. The number of rotatable bonds is 2. The number of hydrogen-bond acceptors (Lipinski definition) is 3. The molecule has 0 radical (unpaired) electrons. The zero-order valence-corrected chi connectivity index (χ0v) is 12.9. The molecule has 0 unspecified atom stereocenters. The van der Waals surface area contributed by atoms with Crippen molar-refractivity contribution in [2.24, 2.45) is 0 Å². The molecule has 0 bridgehead atoms. The molecule has 0 fully saturated rings. The average Bonchev–Trinajstić information content (AvgIpc) is 3.00. The van der Waals surface area contributed by atoms with Gasteiger partial charge in [-0.15, -0.1) is 11.3 Å². The molecule has 2 heterocycles. The Bertz CT molecular complexity index is 627. The van der Waals surface area contributed by atoms with E-state index in [9.17, 15) is 4.79 Å². The van der Waals surface area contributed by atoms with Gasteiger partial charge in [0.25, 0.3) is 5.91 Å². The van der Waals surface area contributed by atoms with Crippen molar-refractivity contribution in [3.8, 4) is 0 Å². The molecule has 1 aliphatic carbocycles. The molecule has 1 aliphatic rings. The molecule has 2 aromatic heterocycles. The number of carbonyl (C=O) groups excluding carboxylic acids is 1. The van der Waals surface area contributed by atoms with E-state index in [1.165, 1.54) is 16.9 Å². The normalized spacial score (nSPS) is 14.3. The SMILES string of the molecule is CC(C)(C)c1cc(NC(=O)c2cc3c(s2)CCC3)n[nH]1. The Labute approximate surface area is 122 Å². The van der Waals surface area contributed by atoms with Gasteiger partial charge in [0.15, 0.2) is 5.82 Å². The van der Waals surface area contributed by atoms with Crippen molar-refractivity contribution in [2.75, 3.05) is 5.32 Å². The number of anilines is 1. The van der Waals surface area contributed by atoms with Crippen LogP contribution in [0, 0.1) is 0 Å². The highest BCUT2D eigenvalue weighted by Crippen LogP contribution is 2.31. The van der Waals surface area contributed by atoms with Gasteiger partial charge in [0.2, 0.25) is 0 Å². The van der Waals surface area contributed by atoms with Gasteiger partial charge in [-0.1, -0.05) is 20.8 Å². The lowest BCUT2D eigenvalue weighted by Gasteiger charge is -2.14. The van der Waals surface area contributed by atoms with Crippen molar-refractivity contribution in [1.29, 1.82) is 0 Å². The van der Waals surface area contributed by atoms with Crippen LogP contribution in [-0.4, -0.2) is 16.1 Å². The third-order valence-electron chi connectivity index (χ3n) is 3.60. The minimum Gasteiger partial charge on any atom is -0.304 e. The predicted molar refractivity (Wildman–Crippen MR) is 81.6 cm³/mol. The summed E-state index contributed by atoms with van der Waals surface area (Å²) < 4.78 is 0. The van der Waals surface area contributed by atoms with Gasteiger partial charge in [0, 0.05) is 22.1 Å². The minimum absolute atomic E-state index is 0.0000825. The quantitative estimate of drug-likeness (QED) is 0.889. The van der Waals surface area contributed by atoms with E-state index in [0.717, 1.165) is 23.4 Å². The van der Waals surface area contributed by atoms with Crippen LogP contribution in [0.4, 0.5) is 5.82 Å². The second-order valence-corrected chi connectivity index (χ2v) is 7.42. The summed E-state index contributed by atoms with van der Waals surface area (Å²) >= 11 is 1.61. The Morgan fingerprint density at radius 2 is 2.15 bits per heavy atom. The maximum absolute atomic E-state index is 12.2. The molecular weight excluding hydrogens is 270 g/mol. The molecule has 5 heteroatoms. The first kappa shape index (κ1) is 13.4. The number of thiophene rings is 1. The molecule has 1 amide bonds. The molecule has 2 N–H and O–H groups in total. The summed E-state index contributed by atoms with van der Waals surface area (Å²) in [6.07, 6.45) is 3.44. The standard InChI is InChI=1S/C15H19N3OS/c1-15(2,3)12-8-13(18-17-12)16-14(19)11-7-9-5-4-6-10(9)20-11/h7-8H,4-6H2,1-3H3,(H2,16,17,18,19). The second-order valence-electron chi connectivity index (χ2n) is 6.28. The van der Waals surface area contributed by atoms with Crippen molar-refractivity contribution in [3.63, 3.8) is 0 Å². The van der Waals surface area contributed by atoms with E-state index in [0.29, 0.717) is 5.82 Å². The molecular formula is C15H19N3OS. The average molecular weight is 289 g/mol. The third kappa shape index (κ3) is 2.50. The Hall–Kier alpha value is -1.62. The minimum atomic E-state index is -0.0589. The number of amides is 1. The van der Waals surface area contributed by atoms with E-state index in [1.54, 1.807) is 11.3 Å². The van der Waals surface area contributed by atoms with Gasteiger partial charge in [-0.05, 0) is 30.9 Å². The van der Waals surface area contributed by atoms with Gasteiger partial charge < -0.3 is 5.32 Å². The highest BCUT2D eigenvalue weighted by molar-refractivity contribution is 7.14. The number of carbonyl (C=O) groups is 1. The first-order valence-corrected chi connectivity index (χ1v) is 7.74. The fourth-order valence-corrected chi connectivity index (χ4v) is 3.54. The highest BCUT2D eigenvalue weighted by atomic mass is 32.1. The zero-order chi connectivity index (χ0) is 14.3. The van der Waals surface area contributed by atoms with E-state index in [-0.39, 0.29) is 11.3 Å². The van der Waals surface area contributed by atoms with Gasteiger partial charge in [-0.25, -0.2) is 0 Å². The zero-order valence-electron chi connectivity index (χ0n) is 12.0. The molecule has 0 saturated carbocycles. The van der Waals surface area contributed by atoms with Crippen molar-refractivity contribution in [1.82, 2.24) is 10.2 Å². The van der Waals surface area contributed by atoms with Crippen LogP contribution < -0.4 is 5.32 Å². The van der Waals surface area contributed by atoms with Crippen LogP contribution in [0.15, 0.2) is 12.1 Å². The van der Waals surface area contributed by atoms with Crippen LogP contribution in [0.1, 0.15) is 53.0 Å². The summed E-state index contributed by atoms with van der Waals surface area (Å²) in [7, 11) is 0. The molecule has 2 aromatic rings. The molecule has 0 saturated heterocycles. The van der Waals surface area contributed by atoms with E-state index >= 15 is 0 Å². The van der Waals surface area contributed by atoms with Crippen LogP contribution in [-0.2, 0) is 18.3 Å². The Morgan fingerprint density at radius 1 is 1.35 bits per heavy atom. The summed E-state index contributed by atoms with van der Waals surface area (Å²) in [6.45, 7) is 6.32. The number of H-pyrrole nitrogens is 1. The number of nitrogens with one attached hydrogen (secondary N) is 2. The smallest absolute Gasteiger partial charge is 0.266 e.